The fraction of sp³-hybridized carbons (Fsp3) is 0.261. The summed E-state index contributed by atoms with van der Waals surface area (Å²) in [6.45, 7) is 4.28. The summed E-state index contributed by atoms with van der Waals surface area (Å²) in [6, 6.07) is 10.3. The summed E-state index contributed by atoms with van der Waals surface area (Å²) in [7, 11) is -3.43. The Morgan fingerprint density at radius 3 is 2.61 bits per heavy atom. The van der Waals surface area contributed by atoms with Crippen molar-refractivity contribution in [3.05, 3.63) is 72.6 Å². The maximum absolute atomic E-state index is 13.7. The first-order chi connectivity index (χ1) is 15.8. The smallest absolute Gasteiger partial charge is 0.260 e. The van der Waals surface area contributed by atoms with E-state index in [9.17, 15) is 17.6 Å². The minimum absolute atomic E-state index is 0.177. The van der Waals surface area contributed by atoms with Crippen LogP contribution in [0.25, 0.3) is 10.2 Å². The number of hydrogen-bond donors (Lipinski definition) is 0. The number of anilines is 1. The molecule has 4 aromatic rings. The number of rotatable bonds is 8. The number of fused-ring (bicyclic) bond motifs is 1. The molecule has 0 aliphatic heterocycles. The van der Waals surface area contributed by atoms with E-state index in [1.165, 1.54) is 47.7 Å². The van der Waals surface area contributed by atoms with E-state index in [2.05, 4.69) is 9.97 Å². The zero-order valence-electron chi connectivity index (χ0n) is 18.2. The molecule has 0 bridgehead atoms. The number of thiazole rings is 1. The third-order valence-electron chi connectivity index (χ3n) is 5.22. The summed E-state index contributed by atoms with van der Waals surface area (Å²) in [5.74, 6) is -0.661. The van der Waals surface area contributed by atoms with Crippen LogP contribution in [0.3, 0.4) is 0 Å². The van der Waals surface area contributed by atoms with Crippen molar-refractivity contribution in [1.82, 2.24) is 14.5 Å². The Balaban J connectivity index is 1.63. The Morgan fingerprint density at radius 2 is 1.94 bits per heavy atom. The van der Waals surface area contributed by atoms with Crippen molar-refractivity contribution >= 4 is 42.4 Å². The largest absolute Gasteiger partial charge is 0.337 e. The molecule has 1 amide bonds. The van der Waals surface area contributed by atoms with Crippen LogP contribution in [0.1, 0.15) is 30.6 Å². The third kappa shape index (κ3) is 4.96. The highest BCUT2D eigenvalue weighted by molar-refractivity contribution is 7.92. The summed E-state index contributed by atoms with van der Waals surface area (Å²) >= 11 is 1.24. The average Bonchev–Trinajstić information content (AvgIpc) is 3.45. The van der Waals surface area contributed by atoms with Crippen LogP contribution in [0.4, 0.5) is 9.52 Å². The van der Waals surface area contributed by atoms with Crippen LogP contribution in [0.2, 0.25) is 0 Å². The van der Waals surface area contributed by atoms with Gasteiger partial charge in [-0.15, -0.1) is 0 Å². The molecule has 0 atom stereocenters. The van der Waals surface area contributed by atoms with E-state index in [1.807, 2.05) is 10.8 Å². The number of benzene rings is 2. The van der Waals surface area contributed by atoms with Crippen molar-refractivity contribution in [2.45, 2.75) is 37.0 Å². The number of amides is 1. The van der Waals surface area contributed by atoms with Gasteiger partial charge < -0.3 is 4.57 Å². The molecule has 0 saturated heterocycles. The van der Waals surface area contributed by atoms with Crippen LogP contribution >= 0.6 is 11.3 Å². The highest BCUT2D eigenvalue weighted by atomic mass is 32.2. The maximum Gasteiger partial charge on any atom is 0.260 e. The van der Waals surface area contributed by atoms with Crippen molar-refractivity contribution in [3.63, 3.8) is 0 Å². The highest BCUT2D eigenvalue weighted by Crippen LogP contribution is 2.30. The van der Waals surface area contributed by atoms with E-state index in [4.69, 9.17) is 0 Å². The predicted molar refractivity (Wildman–Crippen MR) is 127 cm³/mol. The highest BCUT2D eigenvalue weighted by Gasteiger charge is 2.23. The summed E-state index contributed by atoms with van der Waals surface area (Å²) in [4.78, 5) is 23.7. The normalized spacial score (nSPS) is 11.9. The van der Waals surface area contributed by atoms with E-state index in [0.29, 0.717) is 40.4 Å². The minimum atomic E-state index is -3.43. The number of sulfone groups is 1. The Hall–Kier alpha value is -3.11. The number of aromatic nitrogens is 3. The molecule has 172 valence electrons. The number of halogens is 1. The number of imidazole rings is 1. The van der Waals surface area contributed by atoms with E-state index >= 15 is 0 Å². The molecule has 0 radical (unpaired) electrons. The Kier molecular flexibility index (Phi) is 6.57. The third-order valence-corrected chi connectivity index (χ3v) is 8.43. The fourth-order valence-electron chi connectivity index (χ4n) is 3.33. The predicted octanol–water partition coefficient (Wildman–Crippen LogP) is 4.55. The summed E-state index contributed by atoms with van der Waals surface area (Å²) in [5.41, 5.74) is 0.966. The van der Waals surface area contributed by atoms with Crippen LogP contribution < -0.4 is 4.90 Å². The number of aryl methyl sites for hydroxylation is 1. The second-order valence-electron chi connectivity index (χ2n) is 7.84. The molecular weight excluding hydrogens is 463 g/mol. The van der Waals surface area contributed by atoms with Gasteiger partial charge in [0.05, 0.1) is 26.7 Å². The van der Waals surface area contributed by atoms with Crippen LogP contribution in [-0.2, 0) is 16.4 Å². The average molecular weight is 487 g/mol. The molecule has 0 spiro atoms. The quantitative estimate of drug-likeness (QED) is 0.365. The lowest BCUT2D eigenvalue weighted by Gasteiger charge is -2.20. The molecule has 0 aliphatic carbocycles. The molecule has 33 heavy (non-hydrogen) atoms. The van der Waals surface area contributed by atoms with Gasteiger partial charge in [-0.2, -0.15) is 0 Å². The Bertz CT molecular complexity index is 1360. The van der Waals surface area contributed by atoms with Gasteiger partial charge >= 0.3 is 0 Å². The van der Waals surface area contributed by atoms with Gasteiger partial charge in [0.1, 0.15) is 5.82 Å². The van der Waals surface area contributed by atoms with E-state index < -0.39 is 15.1 Å². The first kappa shape index (κ1) is 23.1. The Morgan fingerprint density at radius 1 is 1.18 bits per heavy atom. The number of carbonyl (C=O) groups is 1. The standard InChI is InChI=1S/C23H23FN4O3S2/c1-16(2)33(30,31)19-7-4-17(5-8-19)22(29)28(12-3-11-27-13-10-25-15-27)23-26-20-9-6-18(24)14-21(20)32-23/h4-10,13-16H,3,11-12H2,1-2H3. The summed E-state index contributed by atoms with van der Waals surface area (Å²) in [5, 5.41) is -0.0908. The SMILES string of the molecule is CC(C)S(=O)(=O)c1ccc(C(=O)N(CCCn2ccnc2)c2nc3ccc(F)cc3s2)cc1. The van der Waals surface area contributed by atoms with Crippen molar-refractivity contribution < 1.29 is 17.6 Å². The van der Waals surface area contributed by atoms with Gasteiger partial charge in [-0.1, -0.05) is 11.3 Å². The van der Waals surface area contributed by atoms with Crippen molar-refractivity contribution in [1.29, 1.82) is 0 Å². The number of hydrogen-bond acceptors (Lipinski definition) is 6. The lowest BCUT2D eigenvalue weighted by atomic mass is 10.2. The molecule has 10 heteroatoms. The van der Waals surface area contributed by atoms with Crippen molar-refractivity contribution in [2.75, 3.05) is 11.4 Å². The zero-order chi connectivity index (χ0) is 23.6. The Labute approximate surface area is 195 Å². The second kappa shape index (κ2) is 9.40. The van der Waals surface area contributed by atoms with E-state index in [1.54, 1.807) is 37.3 Å². The lowest BCUT2D eigenvalue weighted by Crippen LogP contribution is -2.32. The molecule has 4 rings (SSSR count). The first-order valence-corrected chi connectivity index (χ1v) is 12.8. The number of carbonyl (C=O) groups excluding carboxylic acids is 1. The van der Waals surface area contributed by atoms with E-state index in [-0.39, 0.29) is 16.6 Å². The van der Waals surface area contributed by atoms with Crippen LogP contribution in [0.15, 0.2) is 66.1 Å². The molecule has 0 unspecified atom stereocenters. The van der Waals surface area contributed by atoms with Gasteiger partial charge in [0.25, 0.3) is 5.91 Å². The topological polar surface area (TPSA) is 85.2 Å². The molecule has 0 aliphatic rings. The molecule has 0 N–H and O–H groups in total. The van der Waals surface area contributed by atoms with Crippen LogP contribution in [0.5, 0.6) is 0 Å². The maximum atomic E-state index is 13.7. The summed E-state index contributed by atoms with van der Waals surface area (Å²) < 4.78 is 41.0. The van der Waals surface area contributed by atoms with Gasteiger partial charge in [-0.05, 0) is 62.7 Å². The van der Waals surface area contributed by atoms with Gasteiger partial charge in [0.2, 0.25) is 0 Å². The van der Waals surface area contributed by atoms with Crippen molar-refractivity contribution in [3.8, 4) is 0 Å². The van der Waals surface area contributed by atoms with Gasteiger partial charge in [-0.3, -0.25) is 9.69 Å². The fourth-order valence-corrected chi connectivity index (χ4v) is 5.41. The van der Waals surface area contributed by atoms with Crippen molar-refractivity contribution in [2.24, 2.45) is 0 Å². The summed E-state index contributed by atoms with van der Waals surface area (Å²) in [6.07, 6.45) is 5.89. The first-order valence-electron chi connectivity index (χ1n) is 10.4. The van der Waals surface area contributed by atoms with E-state index in [0.717, 1.165) is 0 Å². The zero-order valence-corrected chi connectivity index (χ0v) is 19.8. The van der Waals surface area contributed by atoms with Crippen LogP contribution in [-0.4, -0.2) is 40.7 Å². The molecule has 0 saturated carbocycles. The van der Waals surface area contributed by atoms with Crippen LogP contribution in [0, 0.1) is 5.82 Å². The molecule has 2 heterocycles. The molecule has 2 aromatic heterocycles. The minimum Gasteiger partial charge on any atom is -0.337 e. The monoisotopic (exact) mass is 486 g/mol. The molecule has 7 nitrogen and oxygen atoms in total. The molecule has 0 fully saturated rings. The molecule has 2 aromatic carbocycles. The second-order valence-corrected chi connectivity index (χ2v) is 11.4. The lowest BCUT2D eigenvalue weighted by molar-refractivity contribution is 0.0986. The molecular formula is C23H23FN4O3S2. The number of nitrogens with zero attached hydrogens (tertiary/aromatic N) is 4. The van der Waals surface area contributed by atoms with Gasteiger partial charge in [0.15, 0.2) is 15.0 Å². The van der Waals surface area contributed by atoms with Gasteiger partial charge in [0, 0.05) is 31.0 Å². The van der Waals surface area contributed by atoms with Gasteiger partial charge in [-0.25, -0.2) is 22.8 Å².